The SMILES string of the molecule is Cn1c(-n2c3ccccc3c3c2ccc2c4ccccc4n(-c4ccccc4)c23)nc2nc(-c3ccccc3)nc(-n3c4ccccc4c4ccc5c(c6c(n5-c5ccccc5)C=CCC6)c43)c21. The van der Waals surface area contributed by atoms with Gasteiger partial charge in [-0.15, -0.1) is 0 Å². The largest absolute Gasteiger partial charge is 0.310 e. The van der Waals surface area contributed by atoms with E-state index in [1.165, 1.54) is 60.1 Å². The van der Waals surface area contributed by atoms with Crippen LogP contribution in [-0.4, -0.2) is 37.8 Å². The zero-order valence-electron chi connectivity index (χ0n) is 37.0. The van der Waals surface area contributed by atoms with Crippen molar-refractivity contribution in [3.05, 3.63) is 205 Å². The third-order valence-electron chi connectivity index (χ3n) is 14.4. The van der Waals surface area contributed by atoms with Gasteiger partial charge >= 0.3 is 0 Å². The number of fused-ring (bicyclic) bond motifs is 15. The zero-order chi connectivity index (χ0) is 44.6. The number of aryl methyl sites for hydroxylation is 2. The average Bonchev–Trinajstić information content (AvgIpc) is 4.19. The summed E-state index contributed by atoms with van der Waals surface area (Å²) in [6, 6.07) is 67.2. The Bertz CT molecular complexity index is 4430. The Labute approximate surface area is 389 Å². The molecular formula is C60H40N8. The van der Waals surface area contributed by atoms with Gasteiger partial charge in [-0.1, -0.05) is 140 Å². The highest BCUT2D eigenvalue weighted by Gasteiger charge is 2.29. The summed E-state index contributed by atoms with van der Waals surface area (Å²) in [5.41, 5.74) is 15.1. The van der Waals surface area contributed by atoms with Crippen molar-refractivity contribution in [1.29, 1.82) is 0 Å². The maximum atomic E-state index is 5.65. The number of imidazole rings is 1. The molecule has 0 bridgehead atoms. The third-order valence-corrected chi connectivity index (χ3v) is 14.4. The molecule has 0 spiro atoms. The van der Waals surface area contributed by atoms with Crippen LogP contribution in [0.1, 0.15) is 17.7 Å². The second kappa shape index (κ2) is 14.0. The second-order valence-electron chi connectivity index (χ2n) is 18.0. The summed E-state index contributed by atoms with van der Waals surface area (Å²) in [5, 5.41) is 8.37. The van der Waals surface area contributed by atoms with Crippen LogP contribution >= 0.6 is 0 Å². The summed E-state index contributed by atoms with van der Waals surface area (Å²) < 4.78 is 11.8. The molecule has 1 aliphatic carbocycles. The van der Waals surface area contributed by atoms with Gasteiger partial charge in [0.1, 0.15) is 5.52 Å². The van der Waals surface area contributed by atoms with Crippen LogP contribution in [0.4, 0.5) is 0 Å². The smallest absolute Gasteiger partial charge is 0.217 e. The quantitative estimate of drug-likeness (QED) is 0.173. The number of rotatable bonds is 5. The molecule has 14 aromatic rings. The first kappa shape index (κ1) is 37.2. The van der Waals surface area contributed by atoms with E-state index < -0.39 is 0 Å². The molecule has 0 N–H and O–H groups in total. The molecule has 0 amide bonds. The van der Waals surface area contributed by atoms with Crippen LogP contribution < -0.4 is 0 Å². The molecule has 8 aromatic carbocycles. The number of aromatic nitrogens is 8. The van der Waals surface area contributed by atoms with Gasteiger partial charge in [0, 0.05) is 67.4 Å². The van der Waals surface area contributed by atoms with Gasteiger partial charge in [0.05, 0.1) is 38.6 Å². The van der Waals surface area contributed by atoms with Gasteiger partial charge in [-0.3, -0.25) is 9.13 Å². The predicted octanol–water partition coefficient (Wildman–Crippen LogP) is 14.2. The minimum absolute atomic E-state index is 0.624. The summed E-state index contributed by atoms with van der Waals surface area (Å²) in [5.74, 6) is 2.17. The molecule has 0 saturated heterocycles. The molecule has 320 valence electrons. The summed E-state index contributed by atoms with van der Waals surface area (Å²) in [4.78, 5) is 16.6. The van der Waals surface area contributed by atoms with Gasteiger partial charge in [-0.2, -0.15) is 4.98 Å². The lowest BCUT2D eigenvalue weighted by Gasteiger charge is -2.14. The molecule has 0 atom stereocenters. The van der Waals surface area contributed by atoms with Crippen LogP contribution in [0.3, 0.4) is 0 Å². The molecule has 0 radical (unpaired) electrons. The maximum Gasteiger partial charge on any atom is 0.217 e. The molecule has 0 saturated carbocycles. The average molecular weight is 873 g/mol. The van der Waals surface area contributed by atoms with Crippen LogP contribution in [0.5, 0.6) is 0 Å². The van der Waals surface area contributed by atoms with Crippen molar-refractivity contribution in [2.24, 2.45) is 7.05 Å². The standard InChI is InChI=1S/C60H40N8/c1-64-56-58(63-60(64)67-49-32-18-14-28-45(49)53-51(67)36-34-42-40-25-11-15-29-46(40)66(54(42)53)39-23-9-4-10-24-39)61-57(37-19-5-2-6-20-37)62-59(56)68-47-30-16-12-26-41(47)43-33-35-50-52(55(43)68)44-27-13-17-31-48(44)65(50)38-21-7-3-8-22-38/h2-12,14-26,28-36H,13,27H2,1H3. The molecule has 0 aliphatic heterocycles. The molecule has 1 aliphatic rings. The molecule has 15 rings (SSSR count). The minimum Gasteiger partial charge on any atom is -0.310 e. The Hall–Kier alpha value is -9.01. The summed E-state index contributed by atoms with van der Waals surface area (Å²) >= 11 is 0. The lowest BCUT2D eigenvalue weighted by molar-refractivity contribution is 0.864. The first-order valence-corrected chi connectivity index (χ1v) is 23.3. The van der Waals surface area contributed by atoms with Crippen LogP contribution in [0.2, 0.25) is 0 Å². The van der Waals surface area contributed by atoms with Crippen molar-refractivity contribution in [1.82, 2.24) is 37.8 Å². The Morgan fingerprint density at radius 1 is 0.412 bits per heavy atom. The molecule has 0 fully saturated rings. The minimum atomic E-state index is 0.624. The summed E-state index contributed by atoms with van der Waals surface area (Å²) in [6.07, 6.45) is 6.55. The van der Waals surface area contributed by atoms with Crippen LogP contribution in [-0.2, 0) is 13.5 Å². The Morgan fingerprint density at radius 2 is 0.956 bits per heavy atom. The number of allylic oxidation sites excluding steroid dienone is 1. The van der Waals surface area contributed by atoms with Crippen molar-refractivity contribution < 1.29 is 0 Å². The summed E-state index contributed by atoms with van der Waals surface area (Å²) in [7, 11) is 2.13. The van der Waals surface area contributed by atoms with Gasteiger partial charge in [-0.05, 0) is 79.1 Å². The topological polar surface area (TPSA) is 63.3 Å². The lowest BCUT2D eigenvalue weighted by atomic mass is 9.99. The van der Waals surface area contributed by atoms with Crippen LogP contribution in [0, 0.1) is 0 Å². The van der Waals surface area contributed by atoms with E-state index in [0.29, 0.717) is 11.5 Å². The first-order chi connectivity index (χ1) is 33.7. The fourth-order valence-electron chi connectivity index (χ4n) is 11.6. The van der Waals surface area contributed by atoms with E-state index in [0.717, 1.165) is 74.5 Å². The Morgan fingerprint density at radius 3 is 1.63 bits per heavy atom. The fraction of sp³-hybridized carbons (Fsp3) is 0.0500. The fourth-order valence-corrected chi connectivity index (χ4v) is 11.6. The lowest BCUT2D eigenvalue weighted by Crippen LogP contribution is -2.07. The second-order valence-corrected chi connectivity index (χ2v) is 18.0. The third kappa shape index (κ3) is 5.00. The van der Waals surface area contributed by atoms with Crippen LogP contribution in [0.15, 0.2) is 194 Å². The maximum absolute atomic E-state index is 5.65. The Balaban J connectivity index is 1.09. The zero-order valence-corrected chi connectivity index (χ0v) is 37.0. The highest BCUT2D eigenvalue weighted by Crippen LogP contribution is 2.45. The van der Waals surface area contributed by atoms with Gasteiger partial charge in [-0.25, -0.2) is 9.97 Å². The molecule has 0 unspecified atom stereocenters. The molecule has 8 nitrogen and oxygen atoms in total. The molecule has 6 heterocycles. The van der Waals surface area contributed by atoms with E-state index >= 15 is 0 Å². The first-order valence-electron chi connectivity index (χ1n) is 23.3. The normalized spacial score (nSPS) is 12.9. The van der Waals surface area contributed by atoms with Crippen molar-refractivity contribution in [2.75, 3.05) is 0 Å². The number of hydrogen-bond acceptors (Lipinski definition) is 3. The van der Waals surface area contributed by atoms with E-state index in [-0.39, 0.29) is 0 Å². The van der Waals surface area contributed by atoms with Gasteiger partial charge < -0.3 is 13.7 Å². The number of nitrogens with zero attached hydrogens (tertiary/aromatic N) is 8. The summed E-state index contributed by atoms with van der Waals surface area (Å²) in [6.45, 7) is 0. The van der Waals surface area contributed by atoms with Crippen molar-refractivity contribution >= 4 is 93.6 Å². The van der Waals surface area contributed by atoms with E-state index in [2.05, 4.69) is 224 Å². The molecule has 6 aromatic heterocycles. The van der Waals surface area contributed by atoms with Crippen LogP contribution in [0.25, 0.3) is 128 Å². The van der Waals surface area contributed by atoms with Crippen molar-refractivity contribution in [3.8, 4) is 34.5 Å². The number of benzene rings is 8. The van der Waals surface area contributed by atoms with E-state index in [4.69, 9.17) is 15.0 Å². The Kier molecular flexibility index (Phi) is 7.67. The highest BCUT2D eigenvalue weighted by molar-refractivity contribution is 6.26. The van der Waals surface area contributed by atoms with E-state index in [1.807, 2.05) is 6.07 Å². The number of hydrogen-bond donors (Lipinski definition) is 0. The molecule has 8 heteroatoms. The van der Waals surface area contributed by atoms with Gasteiger partial charge in [0.15, 0.2) is 17.3 Å². The predicted molar refractivity (Wildman–Crippen MR) is 279 cm³/mol. The number of para-hydroxylation sites is 5. The van der Waals surface area contributed by atoms with E-state index in [9.17, 15) is 0 Å². The van der Waals surface area contributed by atoms with Gasteiger partial charge in [0.2, 0.25) is 5.95 Å². The highest BCUT2D eigenvalue weighted by atomic mass is 15.3. The molecular weight excluding hydrogens is 833 g/mol. The van der Waals surface area contributed by atoms with Gasteiger partial charge in [0.25, 0.3) is 0 Å². The van der Waals surface area contributed by atoms with Crippen molar-refractivity contribution in [2.45, 2.75) is 12.8 Å². The molecule has 68 heavy (non-hydrogen) atoms. The monoisotopic (exact) mass is 872 g/mol. The van der Waals surface area contributed by atoms with Crippen molar-refractivity contribution in [3.63, 3.8) is 0 Å². The van der Waals surface area contributed by atoms with E-state index in [1.54, 1.807) is 0 Å².